The van der Waals surface area contributed by atoms with Crippen LogP contribution in [0.1, 0.15) is 27.7 Å². The van der Waals surface area contributed by atoms with Crippen molar-refractivity contribution in [2.24, 2.45) is 0 Å². The molecule has 2 saturated heterocycles. The van der Waals surface area contributed by atoms with E-state index in [1.807, 2.05) is 0 Å². The number of Topliss-reactive ketones (excluding diaryl/α,β-unsaturated/α-hetero) is 1. The summed E-state index contributed by atoms with van der Waals surface area (Å²) in [7, 11) is -0.997. The summed E-state index contributed by atoms with van der Waals surface area (Å²) in [6.07, 6.45) is -2.42. The Morgan fingerprint density at radius 3 is 2.17 bits per heavy atom. The molecule has 0 N–H and O–H groups in total. The van der Waals surface area contributed by atoms with Gasteiger partial charge in [0.1, 0.15) is 24.5 Å². The lowest BCUT2D eigenvalue weighted by atomic mass is 10.1. The van der Waals surface area contributed by atoms with Gasteiger partial charge in [0, 0.05) is 14.2 Å². The van der Waals surface area contributed by atoms with Crippen molar-refractivity contribution >= 4 is 13.4 Å². The number of ether oxygens (including phenoxy) is 4. The van der Waals surface area contributed by atoms with Gasteiger partial charge in [-0.3, -0.25) is 9.36 Å². The van der Waals surface area contributed by atoms with Crippen LogP contribution in [-0.4, -0.2) is 62.7 Å². The van der Waals surface area contributed by atoms with Gasteiger partial charge < -0.3 is 28.0 Å². The molecule has 0 saturated carbocycles. The second-order valence-corrected chi connectivity index (χ2v) is 8.76. The molecule has 8 nitrogen and oxygen atoms in total. The molecule has 0 aromatic rings. The standard InChI is InChI=1S/C14H25O8P/c1-13(2)19-7-10(20-13)12-11(21-14(3,4)22-12)9(15)8-23(16,17-5)18-6/h10-12H,7-8H2,1-6H3/t10-,11-,12-/m1/s1. The van der Waals surface area contributed by atoms with E-state index < -0.39 is 49.4 Å². The summed E-state index contributed by atoms with van der Waals surface area (Å²) in [5.41, 5.74) is 0. The van der Waals surface area contributed by atoms with Crippen LogP contribution < -0.4 is 0 Å². The van der Waals surface area contributed by atoms with Gasteiger partial charge in [-0.25, -0.2) is 0 Å². The molecule has 0 aromatic heterocycles. The van der Waals surface area contributed by atoms with E-state index in [9.17, 15) is 9.36 Å². The van der Waals surface area contributed by atoms with E-state index >= 15 is 0 Å². The Hall–Kier alpha value is -0.340. The van der Waals surface area contributed by atoms with Crippen molar-refractivity contribution in [3.05, 3.63) is 0 Å². The molecule has 0 unspecified atom stereocenters. The van der Waals surface area contributed by atoms with Gasteiger partial charge in [-0.1, -0.05) is 0 Å². The summed E-state index contributed by atoms with van der Waals surface area (Å²) in [6, 6.07) is 0. The van der Waals surface area contributed by atoms with Crippen LogP contribution in [0.15, 0.2) is 0 Å². The lowest BCUT2D eigenvalue weighted by molar-refractivity contribution is -0.175. The Morgan fingerprint density at radius 1 is 1.09 bits per heavy atom. The van der Waals surface area contributed by atoms with E-state index in [1.165, 1.54) is 14.2 Å². The van der Waals surface area contributed by atoms with Gasteiger partial charge in [0.15, 0.2) is 17.4 Å². The molecule has 9 heteroatoms. The molecule has 0 radical (unpaired) electrons. The molecule has 0 bridgehead atoms. The molecule has 134 valence electrons. The minimum atomic E-state index is -3.47. The average molecular weight is 352 g/mol. The van der Waals surface area contributed by atoms with Gasteiger partial charge in [0.05, 0.1) is 6.61 Å². The lowest BCUT2D eigenvalue weighted by Crippen LogP contribution is -2.43. The van der Waals surface area contributed by atoms with Crippen molar-refractivity contribution < 1.29 is 37.4 Å². The third-order valence-electron chi connectivity index (χ3n) is 3.75. The SMILES string of the molecule is COP(=O)(CC(=O)[C@H]1OC(C)(C)O[C@@H]1[C@H]1COC(C)(C)O1)OC. The molecular formula is C14H25O8P. The normalized spacial score (nSPS) is 33.0. The van der Waals surface area contributed by atoms with E-state index in [4.69, 9.17) is 28.0 Å². The summed E-state index contributed by atoms with van der Waals surface area (Å²) >= 11 is 0. The first-order valence-corrected chi connectivity index (χ1v) is 9.14. The fourth-order valence-electron chi connectivity index (χ4n) is 2.67. The zero-order valence-corrected chi connectivity index (χ0v) is 15.3. The predicted octanol–water partition coefficient (Wildman–Crippen LogP) is 1.71. The first-order chi connectivity index (χ1) is 10.5. The van der Waals surface area contributed by atoms with Gasteiger partial charge in [-0.15, -0.1) is 0 Å². The van der Waals surface area contributed by atoms with Crippen molar-refractivity contribution in [2.45, 2.75) is 57.6 Å². The first kappa shape index (κ1) is 19.0. The van der Waals surface area contributed by atoms with Crippen LogP contribution in [-0.2, 0) is 37.4 Å². The Morgan fingerprint density at radius 2 is 1.70 bits per heavy atom. The molecule has 2 rings (SSSR count). The number of hydrogen-bond donors (Lipinski definition) is 0. The van der Waals surface area contributed by atoms with Crippen LogP contribution in [0.5, 0.6) is 0 Å². The molecule has 2 heterocycles. The maximum Gasteiger partial charge on any atom is 0.337 e. The second-order valence-electron chi connectivity index (χ2n) is 6.49. The van der Waals surface area contributed by atoms with Crippen LogP contribution >= 0.6 is 7.60 Å². The topological polar surface area (TPSA) is 89.5 Å². The summed E-state index contributed by atoms with van der Waals surface area (Å²) in [5.74, 6) is -2.12. The average Bonchev–Trinajstić information content (AvgIpc) is 2.97. The molecule has 3 atom stereocenters. The third-order valence-corrected chi connectivity index (χ3v) is 5.56. The zero-order valence-electron chi connectivity index (χ0n) is 14.4. The lowest BCUT2D eigenvalue weighted by Gasteiger charge is -2.23. The van der Waals surface area contributed by atoms with Crippen LogP contribution in [0.3, 0.4) is 0 Å². The van der Waals surface area contributed by atoms with Crippen LogP contribution in [0.25, 0.3) is 0 Å². The molecule has 0 amide bonds. The first-order valence-electron chi connectivity index (χ1n) is 7.41. The Balaban J connectivity index is 2.14. The second kappa shape index (κ2) is 6.52. The summed E-state index contributed by atoms with van der Waals surface area (Å²) < 4.78 is 44.7. The number of rotatable bonds is 6. The summed E-state index contributed by atoms with van der Waals surface area (Å²) in [5, 5.41) is 0. The van der Waals surface area contributed by atoms with E-state index in [2.05, 4.69) is 0 Å². The zero-order chi connectivity index (χ0) is 17.5. The minimum Gasteiger partial charge on any atom is -0.348 e. The molecule has 0 aliphatic carbocycles. The fourth-order valence-corrected chi connectivity index (χ4v) is 3.64. The Kier molecular flexibility index (Phi) is 5.38. The molecule has 23 heavy (non-hydrogen) atoms. The van der Waals surface area contributed by atoms with Crippen molar-refractivity contribution in [1.82, 2.24) is 0 Å². The minimum absolute atomic E-state index is 0.285. The van der Waals surface area contributed by atoms with E-state index in [0.29, 0.717) is 0 Å². The van der Waals surface area contributed by atoms with Crippen LogP contribution in [0, 0.1) is 0 Å². The number of carbonyl (C=O) groups is 1. The van der Waals surface area contributed by atoms with Gasteiger partial charge in [0.25, 0.3) is 0 Å². The molecule has 2 aliphatic heterocycles. The maximum atomic E-state index is 12.6. The van der Waals surface area contributed by atoms with Crippen molar-refractivity contribution in [3.63, 3.8) is 0 Å². The number of hydrogen-bond acceptors (Lipinski definition) is 8. The fraction of sp³-hybridized carbons (Fsp3) is 0.929. The van der Waals surface area contributed by atoms with Gasteiger partial charge in [-0.05, 0) is 27.7 Å². The highest BCUT2D eigenvalue weighted by molar-refractivity contribution is 7.54. The quantitative estimate of drug-likeness (QED) is 0.668. The summed E-state index contributed by atoms with van der Waals surface area (Å²) in [4.78, 5) is 12.6. The third kappa shape index (κ3) is 4.39. The van der Waals surface area contributed by atoms with E-state index in [1.54, 1.807) is 27.7 Å². The Labute approximate surface area is 136 Å². The van der Waals surface area contributed by atoms with E-state index in [0.717, 1.165) is 0 Å². The van der Waals surface area contributed by atoms with Gasteiger partial charge in [-0.2, -0.15) is 0 Å². The molecule has 0 spiro atoms. The van der Waals surface area contributed by atoms with Crippen molar-refractivity contribution in [3.8, 4) is 0 Å². The molecular weight excluding hydrogens is 327 g/mol. The van der Waals surface area contributed by atoms with Crippen LogP contribution in [0.4, 0.5) is 0 Å². The highest BCUT2D eigenvalue weighted by atomic mass is 31.2. The van der Waals surface area contributed by atoms with Crippen LogP contribution in [0.2, 0.25) is 0 Å². The smallest absolute Gasteiger partial charge is 0.337 e. The van der Waals surface area contributed by atoms with Gasteiger partial charge >= 0.3 is 7.60 Å². The molecule has 2 aliphatic rings. The molecule has 0 aromatic carbocycles. The predicted molar refractivity (Wildman–Crippen MR) is 80.2 cm³/mol. The van der Waals surface area contributed by atoms with E-state index in [-0.39, 0.29) is 6.61 Å². The summed E-state index contributed by atoms with van der Waals surface area (Å²) in [6.45, 7) is 7.28. The largest absolute Gasteiger partial charge is 0.348 e. The number of carbonyl (C=O) groups excluding carboxylic acids is 1. The monoisotopic (exact) mass is 352 g/mol. The van der Waals surface area contributed by atoms with Gasteiger partial charge in [0.2, 0.25) is 0 Å². The van der Waals surface area contributed by atoms with Crippen molar-refractivity contribution in [2.75, 3.05) is 27.0 Å². The number of ketones is 1. The maximum absolute atomic E-state index is 12.6. The van der Waals surface area contributed by atoms with Crippen molar-refractivity contribution in [1.29, 1.82) is 0 Å². The molecule has 2 fully saturated rings. The highest BCUT2D eigenvalue weighted by Crippen LogP contribution is 2.47. The Bertz CT molecular complexity index is 495. The highest BCUT2D eigenvalue weighted by Gasteiger charge is 2.53.